The van der Waals surface area contributed by atoms with Crippen molar-refractivity contribution in [2.24, 2.45) is 64.1 Å². The van der Waals surface area contributed by atoms with E-state index in [1.54, 1.807) is 0 Å². The molecule has 8 unspecified atom stereocenters. The number of ether oxygens (including phenoxy) is 5. The van der Waals surface area contributed by atoms with Crippen LogP contribution in [0.15, 0.2) is 0 Å². The standard InChI is InChI=1S/C39H50F2O9/c1-35(40,41)33(44)50-38-10-22-6-27(15-38)39(28(7-22)16-38)48-29(17-46-19-36-8-20-2-23(11-36)31(42)24(3-20)12-36)30(49-39)18-47-34(45)37-9-21-4-25(13-37)32(43)26(5-21)14-37/h20-30H,2-19H2,1H3. The number of Topliss-reactive ketones (excluding diaryl/α,β-unsaturated/α-hetero) is 2. The summed E-state index contributed by atoms with van der Waals surface area (Å²) in [5.41, 5.74) is -1.54. The van der Waals surface area contributed by atoms with E-state index in [1.165, 1.54) is 0 Å². The van der Waals surface area contributed by atoms with Gasteiger partial charge in [-0.05, 0) is 119 Å². The molecule has 13 rings (SSSR count). The van der Waals surface area contributed by atoms with Crippen LogP contribution in [0, 0.1) is 64.1 Å². The van der Waals surface area contributed by atoms with Gasteiger partial charge in [-0.1, -0.05) is 0 Å². The normalized spacial score (nSPS) is 52.0. The molecule has 12 aliphatic carbocycles. The highest BCUT2D eigenvalue weighted by atomic mass is 19.3. The summed E-state index contributed by atoms with van der Waals surface area (Å²) in [5, 5.41) is 0. The molecule has 0 aromatic heterocycles. The molecule has 12 saturated carbocycles. The summed E-state index contributed by atoms with van der Waals surface area (Å²) in [6, 6.07) is 0. The molecule has 1 aliphatic heterocycles. The Morgan fingerprint density at radius 2 is 1.26 bits per heavy atom. The van der Waals surface area contributed by atoms with Gasteiger partial charge >= 0.3 is 17.9 Å². The number of carbonyl (C=O) groups excluding carboxylic acids is 4. The zero-order valence-corrected chi connectivity index (χ0v) is 29.0. The van der Waals surface area contributed by atoms with E-state index >= 15 is 0 Å². The van der Waals surface area contributed by atoms with Crippen molar-refractivity contribution in [2.45, 2.75) is 133 Å². The van der Waals surface area contributed by atoms with Crippen molar-refractivity contribution in [3.05, 3.63) is 0 Å². The molecule has 0 aromatic rings. The van der Waals surface area contributed by atoms with Crippen LogP contribution in [0.25, 0.3) is 0 Å². The first-order chi connectivity index (χ1) is 23.7. The third kappa shape index (κ3) is 4.90. The Morgan fingerprint density at radius 3 is 1.86 bits per heavy atom. The van der Waals surface area contributed by atoms with Gasteiger partial charge in [-0.3, -0.25) is 14.4 Å². The second kappa shape index (κ2) is 10.8. The molecule has 11 heteroatoms. The molecule has 1 heterocycles. The largest absolute Gasteiger partial charge is 0.462 e. The van der Waals surface area contributed by atoms with Crippen molar-refractivity contribution in [1.82, 2.24) is 0 Å². The SMILES string of the molecule is CC(F)(F)C(=O)OC12CC3CC(C1)C1(OC(COCC45CC6CC(C4)C(=O)C(C6)C5)C(COC(=O)C45CC6CC(C4)C(=O)C(C6)C5)O1)C(C3)C2. The van der Waals surface area contributed by atoms with Crippen molar-refractivity contribution >= 4 is 23.5 Å². The van der Waals surface area contributed by atoms with Gasteiger partial charge in [-0.15, -0.1) is 0 Å². The van der Waals surface area contributed by atoms with Gasteiger partial charge in [-0.2, -0.15) is 8.78 Å². The molecule has 1 saturated heterocycles. The number of rotatable bonds is 9. The van der Waals surface area contributed by atoms with Crippen molar-refractivity contribution in [3.8, 4) is 0 Å². The Bertz CT molecular complexity index is 1450. The third-order valence-corrected chi connectivity index (χ3v) is 15.6. The van der Waals surface area contributed by atoms with E-state index in [9.17, 15) is 28.0 Å². The average Bonchev–Trinajstić information content (AvgIpc) is 3.41. The van der Waals surface area contributed by atoms with Crippen LogP contribution >= 0.6 is 0 Å². The first kappa shape index (κ1) is 32.7. The predicted octanol–water partition coefficient (Wildman–Crippen LogP) is 5.59. The zero-order chi connectivity index (χ0) is 34.4. The minimum atomic E-state index is -3.56. The summed E-state index contributed by atoms with van der Waals surface area (Å²) < 4.78 is 60.1. The van der Waals surface area contributed by atoms with Crippen molar-refractivity contribution < 1.29 is 51.6 Å². The van der Waals surface area contributed by atoms with E-state index in [-0.39, 0.29) is 66.0 Å². The van der Waals surface area contributed by atoms with Gasteiger partial charge in [0.15, 0.2) is 5.79 Å². The highest BCUT2D eigenvalue weighted by Crippen LogP contribution is 2.65. The Labute approximate surface area is 291 Å². The molecule has 12 bridgehead atoms. The van der Waals surface area contributed by atoms with Crippen molar-refractivity contribution in [2.75, 3.05) is 19.8 Å². The summed E-state index contributed by atoms with van der Waals surface area (Å²) in [6.07, 6.45) is 10.5. The lowest BCUT2D eigenvalue weighted by Gasteiger charge is -2.62. The minimum absolute atomic E-state index is 0.0136. The number of halogens is 2. The fourth-order valence-corrected chi connectivity index (χ4v) is 14.4. The maximum atomic E-state index is 14.0. The molecule has 0 aromatic carbocycles. The Morgan fingerprint density at radius 1 is 0.720 bits per heavy atom. The molecule has 8 atom stereocenters. The van der Waals surface area contributed by atoms with Gasteiger partial charge < -0.3 is 23.7 Å². The first-order valence-electron chi connectivity index (χ1n) is 19.5. The monoisotopic (exact) mass is 700 g/mol. The van der Waals surface area contributed by atoms with Crippen LogP contribution in [0.2, 0.25) is 0 Å². The summed E-state index contributed by atoms with van der Waals surface area (Å²) >= 11 is 0. The number of carbonyl (C=O) groups is 4. The second-order valence-corrected chi connectivity index (χ2v) is 19.2. The van der Waals surface area contributed by atoms with Crippen molar-refractivity contribution in [1.29, 1.82) is 0 Å². The quantitative estimate of drug-likeness (QED) is 0.284. The van der Waals surface area contributed by atoms with E-state index < -0.39 is 40.9 Å². The van der Waals surface area contributed by atoms with Gasteiger partial charge in [0.2, 0.25) is 0 Å². The zero-order valence-electron chi connectivity index (χ0n) is 29.0. The number of hydrogen-bond donors (Lipinski definition) is 0. The maximum Gasteiger partial charge on any atom is 0.377 e. The van der Waals surface area contributed by atoms with Crippen LogP contribution in [-0.2, 0) is 42.9 Å². The van der Waals surface area contributed by atoms with Crippen LogP contribution in [0.1, 0.15) is 103 Å². The molecule has 274 valence electrons. The summed E-state index contributed by atoms with van der Waals surface area (Å²) in [6.45, 7) is 1.42. The van der Waals surface area contributed by atoms with Crippen molar-refractivity contribution in [3.63, 3.8) is 0 Å². The minimum Gasteiger partial charge on any atom is -0.462 e. The van der Waals surface area contributed by atoms with Crippen LogP contribution in [-0.4, -0.2) is 72.8 Å². The fourth-order valence-electron chi connectivity index (χ4n) is 14.4. The Hall–Kier alpha value is -1.98. The van der Waals surface area contributed by atoms with Gasteiger partial charge in [0.05, 0.1) is 18.6 Å². The summed E-state index contributed by atoms with van der Waals surface area (Å²) in [4.78, 5) is 51.9. The topological polar surface area (TPSA) is 114 Å². The predicted molar refractivity (Wildman–Crippen MR) is 169 cm³/mol. The summed E-state index contributed by atoms with van der Waals surface area (Å²) in [5.74, 6) is -4.33. The first-order valence-corrected chi connectivity index (χ1v) is 19.5. The molecule has 9 nitrogen and oxygen atoms in total. The van der Waals surface area contributed by atoms with Gasteiger partial charge in [0.25, 0.3) is 0 Å². The molecule has 13 aliphatic rings. The number of hydrogen-bond acceptors (Lipinski definition) is 9. The number of esters is 2. The molecule has 0 amide bonds. The van der Waals surface area contributed by atoms with Crippen LogP contribution in [0.3, 0.4) is 0 Å². The molecular formula is C39H50F2O9. The van der Waals surface area contributed by atoms with Gasteiger partial charge in [0, 0.05) is 42.4 Å². The van der Waals surface area contributed by atoms with Crippen LogP contribution in [0.5, 0.6) is 0 Å². The van der Waals surface area contributed by atoms with E-state index in [4.69, 9.17) is 23.7 Å². The molecule has 0 radical (unpaired) electrons. The summed E-state index contributed by atoms with van der Waals surface area (Å²) in [7, 11) is 0. The lowest BCUT2D eigenvalue weighted by molar-refractivity contribution is -0.326. The fraction of sp³-hybridized carbons (Fsp3) is 0.897. The lowest BCUT2D eigenvalue weighted by Crippen LogP contribution is -2.65. The smallest absolute Gasteiger partial charge is 0.377 e. The highest BCUT2D eigenvalue weighted by molar-refractivity contribution is 5.89. The highest BCUT2D eigenvalue weighted by Gasteiger charge is 2.69. The van der Waals surface area contributed by atoms with Crippen LogP contribution < -0.4 is 0 Å². The molecule has 1 spiro atoms. The van der Waals surface area contributed by atoms with E-state index in [1.807, 2.05) is 0 Å². The lowest BCUT2D eigenvalue weighted by atomic mass is 9.49. The third-order valence-electron chi connectivity index (χ3n) is 15.6. The van der Waals surface area contributed by atoms with E-state index in [2.05, 4.69) is 0 Å². The van der Waals surface area contributed by atoms with E-state index in [0.717, 1.165) is 64.2 Å². The molecule has 13 fully saturated rings. The van der Waals surface area contributed by atoms with Gasteiger partial charge in [0.1, 0.15) is 36.0 Å². The number of ketones is 2. The Kier molecular flexibility index (Phi) is 7.05. The van der Waals surface area contributed by atoms with E-state index in [0.29, 0.717) is 69.0 Å². The molecule has 50 heavy (non-hydrogen) atoms. The average molecular weight is 701 g/mol. The number of alkyl halides is 2. The maximum absolute atomic E-state index is 14.0. The Balaban J connectivity index is 0.867. The van der Waals surface area contributed by atoms with Crippen LogP contribution in [0.4, 0.5) is 8.78 Å². The molecule has 0 N–H and O–H groups in total. The van der Waals surface area contributed by atoms with Gasteiger partial charge in [-0.25, -0.2) is 4.79 Å². The molecular weight excluding hydrogens is 650 g/mol. The second-order valence-electron chi connectivity index (χ2n) is 19.2.